The Balaban J connectivity index is 2.44. The molecule has 0 aromatic heterocycles. The first-order chi connectivity index (χ1) is 9.91. The van der Waals surface area contributed by atoms with E-state index in [1.807, 2.05) is 6.92 Å². The number of rotatable bonds is 7. The van der Waals surface area contributed by atoms with E-state index < -0.39 is 15.8 Å². The van der Waals surface area contributed by atoms with E-state index in [9.17, 15) is 12.8 Å². The van der Waals surface area contributed by atoms with Crippen molar-refractivity contribution in [3.8, 4) is 0 Å². The lowest BCUT2D eigenvalue weighted by Crippen LogP contribution is -2.34. The zero-order valence-corrected chi connectivity index (χ0v) is 13.6. The molecule has 0 unspecified atom stereocenters. The monoisotopic (exact) mass is 334 g/mol. The van der Waals surface area contributed by atoms with E-state index in [0.29, 0.717) is 6.54 Å². The van der Waals surface area contributed by atoms with Crippen molar-refractivity contribution >= 4 is 21.6 Å². The Hall–Kier alpha value is -0.690. The van der Waals surface area contributed by atoms with E-state index in [1.165, 1.54) is 16.4 Å². The molecule has 0 radical (unpaired) electrons. The molecule has 1 aliphatic rings. The molecule has 21 heavy (non-hydrogen) atoms. The molecule has 0 spiro atoms. The zero-order chi connectivity index (χ0) is 15.6. The van der Waals surface area contributed by atoms with Crippen LogP contribution in [0.15, 0.2) is 17.0 Å². The first-order valence-corrected chi connectivity index (χ1v) is 8.93. The quantitative estimate of drug-likeness (QED) is 0.834. The molecule has 0 bridgehead atoms. The molecule has 1 fully saturated rings. The van der Waals surface area contributed by atoms with Gasteiger partial charge in [0.1, 0.15) is 10.7 Å². The van der Waals surface area contributed by atoms with Crippen molar-refractivity contribution in [2.24, 2.45) is 5.73 Å². The van der Waals surface area contributed by atoms with Gasteiger partial charge < -0.3 is 5.73 Å². The molecule has 0 heterocycles. The molecule has 4 nitrogen and oxygen atoms in total. The van der Waals surface area contributed by atoms with Gasteiger partial charge in [-0.3, -0.25) is 0 Å². The second-order valence-corrected chi connectivity index (χ2v) is 7.58. The average molecular weight is 335 g/mol. The number of nitrogens with two attached hydrogens (primary N) is 1. The van der Waals surface area contributed by atoms with Gasteiger partial charge in [-0.2, -0.15) is 4.31 Å². The highest BCUT2D eigenvalue weighted by atomic mass is 35.5. The van der Waals surface area contributed by atoms with Crippen LogP contribution in [0.3, 0.4) is 0 Å². The Morgan fingerprint density at radius 3 is 2.62 bits per heavy atom. The summed E-state index contributed by atoms with van der Waals surface area (Å²) in [7, 11) is -3.88. The lowest BCUT2D eigenvalue weighted by Gasteiger charge is -2.22. The van der Waals surface area contributed by atoms with Crippen LogP contribution in [0.2, 0.25) is 5.02 Å². The van der Waals surface area contributed by atoms with Gasteiger partial charge in [-0.25, -0.2) is 12.8 Å². The fraction of sp³-hybridized carbons (Fsp3) is 0.571. The summed E-state index contributed by atoms with van der Waals surface area (Å²) in [5.41, 5.74) is 5.57. The van der Waals surface area contributed by atoms with Gasteiger partial charge in [0, 0.05) is 29.7 Å². The Labute approximate surface area is 130 Å². The third-order valence-electron chi connectivity index (χ3n) is 3.57. The lowest BCUT2D eigenvalue weighted by molar-refractivity contribution is 0.392. The third-order valence-corrected chi connectivity index (χ3v) is 5.74. The summed E-state index contributed by atoms with van der Waals surface area (Å²) < 4.78 is 41.3. The topological polar surface area (TPSA) is 63.4 Å². The van der Waals surface area contributed by atoms with Crippen molar-refractivity contribution in [3.63, 3.8) is 0 Å². The molecule has 1 saturated carbocycles. The lowest BCUT2D eigenvalue weighted by atomic mass is 10.2. The SMILES string of the molecule is CCCCN(C1CC1)S(=O)(=O)c1cc(Cl)cc(CN)c1F. The van der Waals surface area contributed by atoms with E-state index in [0.717, 1.165) is 25.7 Å². The number of halogens is 2. The third kappa shape index (κ3) is 3.56. The minimum Gasteiger partial charge on any atom is -0.326 e. The summed E-state index contributed by atoms with van der Waals surface area (Å²) in [5.74, 6) is -0.788. The van der Waals surface area contributed by atoms with Crippen LogP contribution < -0.4 is 5.73 Å². The molecule has 1 aliphatic carbocycles. The van der Waals surface area contributed by atoms with Crippen molar-refractivity contribution in [1.29, 1.82) is 0 Å². The summed E-state index contributed by atoms with van der Waals surface area (Å²) in [6.07, 6.45) is 3.29. The van der Waals surface area contributed by atoms with Gasteiger partial charge in [-0.05, 0) is 31.4 Å². The van der Waals surface area contributed by atoms with Crippen LogP contribution in [0.1, 0.15) is 38.2 Å². The highest BCUT2D eigenvalue weighted by Gasteiger charge is 2.39. The van der Waals surface area contributed by atoms with E-state index in [4.69, 9.17) is 17.3 Å². The molecular weight excluding hydrogens is 315 g/mol. The van der Waals surface area contributed by atoms with E-state index in [2.05, 4.69) is 0 Å². The number of nitrogens with zero attached hydrogens (tertiary/aromatic N) is 1. The van der Waals surface area contributed by atoms with Gasteiger partial charge in [0.05, 0.1) is 0 Å². The van der Waals surface area contributed by atoms with Crippen molar-refractivity contribution < 1.29 is 12.8 Å². The molecule has 0 atom stereocenters. The van der Waals surface area contributed by atoms with E-state index >= 15 is 0 Å². The Morgan fingerprint density at radius 2 is 2.10 bits per heavy atom. The molecule has 0 aliphatic heterocycles. The fourth-order valence-electron chi connectivity index (χ4n) is 2.26. The van der Waals surface area contributed by atoms with Crippen molar-refractivity contribution in [2.75, 3.05) is 6.54 Å². The molecule has 118 valence electrons. The second kappa shape index (κ2) is 6.60. The first-order valence-electron chi connectivity index (χ1n) is 7.11. The van der Waals surface area contributed by atoms with Crippen molar-refractivity contribution in [2.45, 2.75) is 50.1 Å². The standard InChI is InChI=1S/C14H20ClFN2O2S/c1-2-3-6-18(12-4-5-12)21(19,20)13-8-11(15)7-10(9-17)14(13)16/h7-8,12H,2-6,9,17H2,1H3. The van der Waals surface area contributed by atoms with Gasteiger partial charge in [0.25, 0.3) is 0 Å². The van der Waals surface area contributed by atoms with Crippen LogP contribution >= 0.6 is 11.6 Å². The predicted molar refractivity (Wildman–Crippen MR) is 81.1 cm³/mol. The summed E-state index contributed by atoms with van der Waals surface area (Å²) in [4.78, 5) is -0.363. The number of hydrogen-bond donors (Lipinski definition) is 1. The zero-order valence-electron chi connectivity index (χ0n) is 12.0. The van der Waals surface area contributed by atoms with Crippen LogP contribution in [0.4, 0.5) is 4.39 Å². The maximum Gasteiger partial charge on any atom is 0.246 e. The average Bonchev–Trinajstić information content (AvgIpc) is 3.25. The van der Waals surface area contributed by atoms with Crippen LogP contribution in [0, 0.1) is 5.82 Å². The molecule has 7 heteroatoms. The minimum absolute atomic E-state index is 0.0127. The Kier molecular flexibility index (Phi) is 5.24. The van der Waals surface area contributed by atoms with E-state index in [-0.39, 0.29) is 28.1 Å². The normalized spacial score (nSPS) is 15.7. The number of benzene rings is 1. The minimum atomic E-state index is -3.88. The van der Waals surface area contributed by atoms with Gasteiger partial charge in [-0.1, -0.05) is 24.9 Å². The van der Waals surface area contributed by atoms with Gasteiger partial charge >= 0.3 is 0 Å². The molecule has 1 aromatic rings. The molecule has 0 amide bonds. The van der Waals surface area contributed by atoms with Crippen LogP contribution in [-0.4, -0.2) is 25.3 Å². The number of sulfonamides is 1. The molecule has 2 N–H and O–H groups in total. The van der Waals surface area contributed by atoms with Gasteiger partial charge in [0.15, 0.2) is 0 Å². The second-order valence-electron chi connectivity index (χ2n) is 5.28. The first kappa shape index (κ1) is 16.7. The highest BCUT2D eigenvalue weighted by Crippen LogP contribution is 2.34. The Bertz CT molecular complexity index is 618. The molecule has 0 saturated heterocycles. The summed E-state index contributed by atoms with van der Waals surface area (Å²) in [6, 6.07) is 2.53. The molecule has 2 rings (SSSR count). The van der Waals surface area contributed by atoms with Crippen LogP contribution in [0.5, 0.6) is 0 Å². The van der Waals surface area contributed by atoms with Gasteiger partial charge in [-0.15, -0.1) is 0 Å². The predicted octanol–water partition coefficient (Wildman–Crippen LogP) is 2.89. The molecular formula is C14H20ClFN2O2S. The maximum atomic E-state index is 14.4. The highest BCUT2D eigenvalue weighted by molar-refractivity contribution is 7.89. The smallest absolute Gasteiger partial charge is 0.246 e. The van der Waals surface area contributed by atoms with Crippen molar-refractivity contribution in [3.05, 3.63) is 28.5 Å². The summed E-state index contributed by atoms with van der Waals surface area (Å²) >= 11 is 5.91. The number of hydrogen-bond acceptors (Lipinski definition) is 3. The van der Waals surface area contributed by atoms with E-state index in [1.54, 1.807) is 0 Å². The van der Waals surface area contributed by atoms with Crippen LogP contribution in [0.25, 0.3) is 0 Å². The van der Waals surface area contributed by atoms with Crippen LogP contribution in [-0.2, 0) is 16.6 Å². The van der Waals surface area contributed by atoms with Crippen molar-refractivity contribution in [1.82, 2.24) is 4.31 Å². The van der Waals surface area contributed by atoms with Gasteiger partial charge in [0.2, 0.25) is 10.0 Å². The number of unbranched alkanes of at least 4 members (excludes halogenated alkanes) is 1. The summed E-state index contributed by atoms with van der Waals surface area (Å²) in [6.45, 7) is 2.31. The maximum absolute atomic E-state index is 14.4. The largest absolute Gasteiger partial charge is 0.326 e. The fourth-order valence-corrected chi connectivity index (χ4v) is 4.42. The molecule has 1 aromatic carbocycles. The Morgan fingerprint density at radius 1 is 1.43 bits per heavy atom. The summed E-state index contributed by atoms with van der Waals surface area (Å²) in [5, 5.41) is 0.182.